The van der Waals surface area contributed by atoms with Gasteiger partial charge in [0, 0.05) is 17.1 Å². The predicted molar refractivity (Wildman–Crippen MR) is 70.1 cm³/mol. The van der Waals surface area contributed by atoms with Crippen LogP contribution in [0.25, 0.3) is 0 Å². The molecule has 1 aromatic carbocycles. The molecule has 1 aromatic heterocycles. The highest BCUT2D eigenvalue weighted by Gasteiger charge is 2.07. The summed E-state index contributed by atoms with van der Waals surface area (Å²) in [6.07, 6.45) is 1.70. The van der Waals surface area contributed by atoms with Crippen molar-refractivity contribution in [1.29, 1.82) is 0 Å². The fourth-order valence-corrected chi connectivity index (χ4v) is 1.54. The summed E-state index contributed by atoms with van der Waals surface area (Å²) >= 11 is 0. The topological polar surface area (TPSA) is 88.2 Å². The van der Waals surface area contributed by atoms with Crippen LogP contribution in [-0.2, 0) is 0 Å². The van der Waals surface area contributed by atoms with Gasteiger partial charge in [-0.3, -0.25) is 4.98 Å². The summed E-state index contributed by atoms with van der Waals surface area (Å²) in [6.45, 7) is 1.91. The molecule has 0 atom stereocenters. The van der Waals surface area contributed by atoms with Gasteiger partial charge in [-0.25, -0.2) is 4.79 Å². The zero-order valence-electron chi connectivity index (χ0n) is 9.84. The lowest BCUT2D eigenvalue weighted by Crippen LogP contribution is -2.03. The zero-order chi connectivity index (χ0) is 13.1. The standard InChI is InChI=1S/C13H13N3O2/c1-8-2-3-10(7-15-8)16-9-4-5-11(13(17)18)12(14)6-9/h2-7,16H,14H2,1H3,(H,17,18). The van der Waals surface area contributed by atoms with Gasteiger partial charge in [0.25, 0.3) is 0 Å². The number of hydrogen-bond donors (Lipinski definition) is 3. The largest absolute Gasteiger partial charge is 0.478 e. The Morgan fingerprint density at radius 3 is 2.56 bits per heavy atom. The number of nitrogen functional groups attached to an aromatic ring is 1. The van der Waals surface area contributed by atoms with Crippen molar-refractivity contribution in [1.82, 2.24) is 4.98 Å². The van der Waals surface area contributed by atoms with Crippen LogP contribution in [0.2, 0.25) is 0 Å². The lowest BCUT2D eigenvalue weighted by molar-refractivity contribution is 0.0698. The van der Waals surface area contributed by atoms with E-state index in [0.29, 0.717) is 0 Å². The molecule has 0 aliphatic heterocycles. The molecule has 0 fully saturated rings. The SMILES string of the molecule is Cc1ccc(Nc2ccc(C(=O)O)c(N)c2)cn1. The third-order valence-corrected chi connectivity index (χ3v) is 2.48. The molecule has 18 heavy (non-hydrogen) atoms. The molecule has 4 N–H and O–H groups in total. The van der Waals surface area contributed by atoms with Crippen LogP contribution in [-0.4, -0.2) is 16.1 Å². The van der Waals surface area contributed by atoms with E-state index in [-0.39, 0.29) is 11.3 Å². The first-order chi connectivity index (χ1) is 8.56. The lowest BCUT2D eigenvalue weighted by Gasteiger charge is -2.08. The van der Waals surface area contributed by atoms with Gasteiger partial charge in [0.1, 0.15) is 0 Å². The van der Waals surface area contributed by atoms with E-state index in [1.807, 2.05) is 19.1 Å². The van der Waals surface area contributed by atoms with Crippen molar-refractivity contribution in [2.24, 2.45) is 0 Å². The van der Waals surface area contributed by atoms with Crippen molar-refractivity contribution in [2.75, 3.05) is 11.1 Å². The van der Waals surface area contributed by atoms with Gasteiger partial charge in [0.2, 0.25) is 0 Å². The number of carbonyl (C=O) groups is 1. The normalized spacial score (nSPS) is 10.1. The second-order valence-electron chi connectivity index (χ2n) is 3.92. The molecule has 0 aliphatic carbocycles. The minimum absolute atomic E-state index is 0.0996. The summed E-state index contributed by atoms with van der Waals surface area (Å²) in [6, 6.07) is 8.51. The Hall–Kier alpha value is -2.56. The molecule has 0 saturated carbocycles. The fraction of sp³-hybridized carbons (Fsp3) is 0.0769. The van der Waals surface area contributed by atoms with E-state index >= 15 is 0 Å². The summed E-state index contributed by atoms with van der Waals surface area (Å²) in [5, 5.41) is 12.0. The molecule has 0 saturated heterocycles. The van der Waals surface area contributed by atoms with Gasteiger partial charge in [0.05, 0.1) is 17.4 Å². The maximum atomic E-state index is 10.8. The van der Waals surface area contributed by atoms with Gasteiger partial charge in [-0.1, -0.05) is 0 Å². The molecule has 0 amide bonds. The maximum absolute atomic E-state index is 10.8. The molecule has 0 radical (unpaired) electrons. The smallest absolute Gasteiger partial charge is 0.337 e. The van der Waals surface area contributed by atoms with E-state index in [1.165, 1.54) is 6.07 Å². The number of aromatic nitrogens is 1. The summed E-state index contributed by atoms with van der Waals surface area (Å²) in [7, 11) is 0. The van der Waals surface area contributed by atoms with Crippen molar-refractivity contribution < 1.29 is 9.90 Å². The monoisotopic (exact) mass is 243 g/mol. The van der Waals surface area contributed by atoms with E-state index in [1.54, 1.807) is 18.3 Å². The minimum atomic E-state index is -1.03. The first-order valence-electron chi connectivity index (χ1n) is 5.39. The lowest BCUT2D eigenvalue weighted by atomic mass is 10.1. The van der Waals surface area contributed by atoms with Crippen LogP contribution in [0.15, 0.2) is 36.5 Å². The highest BCUT2D eigenvalue weighted by molar-refractivity contribution is 5.94. The highest BCUT2D eigenvalue weighted by Crippen LogP contribution is 2.21. The van der Waals surface area contributed by atoms with Crippen LogP contribution in [0.4, 0.5) is 17.1 Å². The Labute approximate surface area is 104 Å². The Morgan fingerprint density at radius 1 is 1.28 bits per heavy atom. The second kappa shape index (κ2) is 4.75. The Balaban J connectivity index is 2.22. The van der Waals surface area contributed by atoms with Crippen LogP contribution < -0.4 is 11.1 Å². The van der Waals surface area contributed by atoms with E-state index in [0.717, 1.165) is 17.1 Å². The third kappa shape index (κ3) is 2.57. The van der Waals surface area contributed by atoms with Crippen LogP contribution in [0.1, 0.15) is 16.1 Å². The summed E-state index contributed by atoms with van der Waals surface area (Å²) in [4.78, 5) is 15.0. The van der Waals surface area contributed by atoms with E-state index in [4.69, 9.17) is 10.8 Å². The highest BCUT2D eigenvalue weighted by atomic mass is 16.4. The van der Waals surface area contributed by atoms with Crippen molar-refractivity contribution >= 4 is 23.0 Å². The van der Waals surface area contributed by atoms with Crippen molar-refractivity contribution in [3.63, 3.8) is 0 Å². The number of nitrogens with one attached hydrogen (secondary N) is 1. The number of pyridine rings is 1. The number of hydrogen-bond acceptors (Lipinski definition) is 4. The average Bonchev–Trinajstić information content (AvgIpc) is 2.32. The number of carboxylic acids is 1. The number of aromatic carboxylic acids is 1. The summed E-state index contributed by atoms with van der Waals surface area (Å²) in [5.74, 6) is -1.03. The van der Waals surface area contributed by atoms with Crippen molar-refractivity contribution in [3.05, 3.63) is 47.8 Å². The quantitative estimate of drug-likeness (QED) is 0.720. The third-order valence-electron chi connectivity index (χ3n) is 2.48. The Morgan fingerprint density at radius 2 is 2.00 bits per heavy atom. The molecule has 0 bridgehead atoms. The molecule has 5 nitrogen and oxygen atoms in total. The molecule has 0 aliphatic rings. The number of rotatable bonds is 3. The van der Waals surface area contributed by atoms with E-state index in [9.17, 15) is 4.79 Å². The van der Waals surface area contributed by atoms with E-state index < -0.39 is 5.97 Å². The Kier molecular flexibility index (Phi) is 3.14. The van der Waals surface area contributed by atoms with Crippen molar-refractivity contribution in [2.45, 2.75) is 6.92 Å². The van der Waals surface area contributed by atoms with Crippen LogP contribution in [0.5, 0.6) is 0 Å². The molecular weight excluding hydrogens is 230 g/mol. The number of carboxylic acid groups (broad SMARTS) is 1. The molecule has 0 unspecified atom stereocenters. The predicted octanol–water partition coefficient (Wildman–Crippen LogP) is 2.41. The minimum Gasteiger partial charge on any atom is -0.478 e. The van der Waals surface area contributed by atoms with Gasteiger partial charge >= 0.3 is 5.97 Å². The number of aryl methyl sites for hydroxylation is 1. The molecular formula is C13H13N3O2. The van der Waals surface area contributed by atoms with Gasteiger partial charge < -0.3 is 16.2 Å². The number of nitrogens with zero attached hydrogens (tertiary/aromatic N) is 1. The number of benzene rings is 1. The molecule has 1 heterocycles. The van der Waals surface area contributed by atoms with Crippen LogP contribution in [0, 0.1) is 6.92 Å². The van der Waals surface area contributed by atoms with Gasteiger partial charge in [0.15, 0.2) is 0 Å². The molecule has 2 rings (SSSR count). The number of nitrogens with two attached hydrogens (primary N) is 1. The van der Waals surface area contributed by atoms with Crippen LogP contribution in [0.3, 0.4) is 0 Å². The average molecular weight is 243 g/mol. The van der Waals surface area contributed by atoms with Gasteiger partial charge in [-0.15, -0.1) is 0 Å². The van der Waals surface area contributed by atoms with Crippen molar-refractivity contribution in [3.8, 4) is 0 Å². The number of anilines is 3. The van der Waals surface area contributed by atoms with Gasteiger partial charge in [-0.2, -0.15) is 0 Å². The first kappa shape index (κ1) is 11.9. The van der Waals surface area contributed by atoms with Gasteiger partial charge in [-0.05, 0) is 37.3 Å². The maximum Gasteiger partial charge on any atom is 0.337 e. The van der Waals surface area contributed by atoms with Crippen LogP contribution >= 0.6 is 0 Å². The summed E-state index contributed by atoms with van der Waals surface area (Å²) < 4.78 is 0. The molecule has 92 valence electrons. The summed E-state index contributed by atoms with van der Waals surface area (Å²) in [5.41, 5.74) is 8.47. The molecule has 2 aromatic rings. The fourth-order valence-electron chi connectivity index (χ4n) is 1.54. The first-order valence-corrected chi connectivity index (χ1v) is 5.39. The zero-order valence-corrected chi connectivity index (χ0v) is 9.84. The Bertz CT molecular complexity index is 579. The van der Waals surface area contributed by atoms with E-state index in [2.05, 4.69) is 10.3 Å². The molecule has 0 spiro atoms. The molecule has 5 heteroatoms. The second-order valence-corrected chi connectivity index (χ2v) is 3.92.